The second-order valence-electron chi connectivity index (χ2n) is 4.41. The van der Waals surface area contributed by atoms with Crippen LogP contribution in [0.1, 0.15) is 10.4 Å². The SMILES string of the molecule is C=CCNC(=O)c1ccc2nc3ccccc3nc2c1. The zero-order chi connectivity index (χ0) is 13.9. The molecule has 0 atom stereocenters. The lowest BCUT2D eigenvalue weighted by molar-refractivity contribution is 0.0958. The molecule has 1 heterocycles. The monoisotopic (exact) mass is 263 g/mol. The van der Waals surface area contributed by atoms with Crippen molar-refractivity contribution >= 4 is 28.0 Å². The molecule has 98 valence electrons. The van der Waals surface area contributed by atoms with E-state index in [9.17, 15) is 4.79 Å². The van der Waals surface area contributed by atoms with Crippen molar-refractivity contribution in [2.75, 3.05) is 6.54 Å². The Hall–Kier alpha value is -2.75. The smallest absolute Gasteiger partial charge is 0.251 e. The Morgan fingerprint density at radius 2 is 1.70 bits per heavy atom. The summed E-state index contributed by atoms with van der Waals surface area (Å²) in [6, 6.07) is 13.0. The predicted octanol–water partition coefficient (Wildman–Crippen LogP) is 2.70. The van der Waals surface area contributed by atoms with E-state index in [-0.39, 0.29) is 5.91 Å². The summed E-state index contributed by atoms with van der Waals surface area (Å²) in [5.41, 5.74) is 3.75. The summed E-state index contributed by atoms with van der Waals surface area (Å²) in [6.45, 7) is 4.02. The van der Waals surface area contributed by atoms with Crippen LogP contribution < -0.4 is 5.32 Å². The van der Waals surface area contributed by atoms with Crippen LogP contribution >= 0.6 is 0 Å². The van der Waals surface area contributed by atoms with E-state index in [2.05, 4.69) is 21.9 Å². The number of rotatable bonds is 3. The van der Waals surface area contributed by atoms with Gasteiger partial charge in [-0.2, -0.15) is 0 Å². The van der Waals surface area contributed by atoms with Crippen molar-refractivity contribution in [1.82, 2.24) is 15.3 Å². The van der Waals surface area contributed by atoms with Gasteiger partial charge in [-0.05, 0) is 30.3 Å². The average Bonchev–Trinajstić information content (AvgIpc) is 2.50. The van der Waals surface area contributed by atoms with Gasteiger partial charge in [-0.1, -0.05) is 18.2 Å². The first-order chi connectivity index (χ1) is 9.78. The highest BCUT2D eigenvalue weighted by molar-refractivity contribution is 5.98. The van der Waals surface area contributed by atoms with Crippen LogP contribution in [0, 0.1) is 0 Å². The normalized spacial score (nSPS) is 10.6. The molecule has 1 amide bonds. The minimum atomic E-state index is -0.137. The highest BCUT2D eigenvalue weighted by Gasteiger charge is 2.07. The fraction of sp³-hybridized carbons (Fsp3) is 0.0625. The van der Waals surface area contributed by atoms with E-state index in [4.69, 9.17) is 0 Å². The molecule has 0 unspecified atom stereocenters. The summed E-state index contributed by atoms with van der Waals surface area (Å²) in [5, 5.41) is 2.75. The van der Waals surface area contributed by atoms with Gasteiger partial charge in [0.2, 0.25) is 0 Å². The van der Waals surface area contributed by atoms with E-state index in [0.717, 1.165) is 22.1 Å². The average molecular weight is 263 g/mol. The molecule has 0 aliphatic rings. The first-order valence-electron chi connectivity index (χ1n) is 6.33. The topological polar surface area (TPSA) is 54.9 Å². The fourth-order valence-corrected chi connectivity index (χ4v) is 2.03. The third kappa shape index (κ3) is 2.23. The van der Waals surface area contributed by atoms with E-state index in [0.29, 0.717) is 12.1 Å². The molecule has 0 radical (unpaired) electrons. The lowest BCUT2D eigenvalue weighted by Gasteiger charge is -2.04. The number of amides is 1. The summed E-state index contributed by atoms with van der Waals surface area (Å²) in [4.78, 5) is 21.0. The molecule has 0 spiro atoms. The van der Waals surface area contributed by atoms with Crippen LogP contribution in [0.25, 0.3) is 22.1 Å². The zero-order valence-corrected chi connectivity index (χ0v) is 10.8. The third-order valence-corrected chi connectivity index (χ3v) is 3.01. The highest BCUT2D eigenvalue weighted by atomic mass is 16.1. The minimum absolute atomic E-state index is 0.137. The number of para-hydroxylation sites is 2. The Morgan fingerprint density at radius 3 is 2.40 bits per heavy atom. The molecule has 4 nitrogen and oxygen atoms in total. The Bertz CT molecular complexity index is 811. The maximum atomic E-state index is 11.9. The van der Waals surface area contributed by atoms with Gasteiger partial charge in [0.05, 0.1) is 22.1 Å². The zero-order valence-electron chi connectivity index (χ0n) is 10.8. The van der Waals surface area contributed by atoms with E-state index in [1.807, 2.05) is 30.3 Å². The maximum Gasteiger partial charge on any atom is 0.251 e. The number of nitrogens with one attached hydrogen (secondary N) is 1. The van der Waals surface area contributed by atoms with Crippen LogP contribution in [-0.2, 0) is 0 Å². The first kappa shape index (κ1) is 12.3. The second kappa shape index (κ2) is 5.09. The summed E-state index contributed by atoms with van der Waals surface area (Å²) < 4.78 is 0. The third-order valence-electron chi connectivity index (χ3n) is 3.01. The van der Waals surface area contributed by atoms with E-state index < -0.39 is 0 Å². The van der Waals surface area contributed by atoms with Crippen LogP contribution in [0.15, 0.2) is 55.1 Å². The van der Waals surface area contributed by atoms with Crippen LogP contribution in [0.4, 0.5) is 0 Å². The van der Waals surface area contributed by atoms with E-state index >= 15 is 0 Å². The molecule has 3 rings (SSSR count). The Labute approximate surface area is 116 Å². The Morgan fingerprint density at radius 1 is 1.05 bits per heavy atom. The van der Waals surface area contributed by atoms with Gasteiger partial charge in [-0.3, -0.25) is 4.79 Å². The number of hydrogen-bond donors (Lipinski definition) is 1. The lowest BCUT2D eigenvalue weighted by atomic mass is 10.1. The van der Waals surface area contributed by atoms with Crippen molar-refractivity contribution in [3.05, 3.63) is 60.7 Å². The molecule has 0 aliphatic heterocycles. The van der Waals surface area contributed by atoms with Crippen LogP contribution in [0.2, 0.25) is 0 Å². The first-order valence-corrected chi connectivity index (χ1v) is 6.33. The number of carbonyl (C=O) groups excluding carboxylic acids is 1. The molecule has 0 saturated carbocycles. The lowest BCUT2D eigenvalue weighted by Crippen LogP contribution is -2.23. The highest BCUT2D eigenvalue weighted by Crippen LogP contribution is 2.17. The van der Waals surface area contributed by atoms with Crippen molar-refractivity contribution in [3.63, 3.8) is 0 Å². The maximum absolute atomic E-state index is 11.9. The summed E-state index contributed by atoms with van der Waals surface area (Å²) in [6.07, 6.45) is 1.65. The molecule has 4 heteroatoms. The van der Waals surface area contributed by atoms with Crippen molar-refractivity contribution in [2.45, 2.75) is 0 Å². The molecule has 0 saturated heterocycles. The largest absolute Gasteiger partial charge is 0.349 e. The van der Waals surface area contributed by atoms with Gasteiger partial charge >= 0.3 is 0 Å². The molecular weight excluding hydrogens is 250 g/mol. The number of aromatic nitrogens is 2. The van der Waals surface area contributed by atoms with Crippen LogP contribution in [0.3, 0.4) is 0 Å². The molecule has 0 bridgehead atoms. The quantitative estimate of drug-likeness (QED) is 0.584. The van der Waals surface area contributed by atoms with Gasteiger partial charge in [0.1, 0.15) is 0 Å². The Balaban J connectivity index is 2.08. The van der Waals surface area contributed by atoms with Crippen molar-refractivity contribution in [1.29, 1.82) is 0 Å². The molecular formula is C16H13N3O. The van der Waals surface area contributed by atoms with Gasteiger partial charge < -0.3 is 5.32 Å². The number of fused-ring (bicyclic) bond motifs is 2. The number of nitrogens with zero attached hydrogens (tertiary/aromatic N) is 2. The predicted molar refractivity (Wildman–Crippen MR) is 79.6 cm³/mol. The van der Waals surface area contributed by atoms with E-state index in [1.54, 1.807) is 18.2 Å². The van der Waals surface area contributed by atoms with Crippen molar-refractivity contribution in [2.24, 2.45) is 0 Å². The molecule has 2 aromatic carbocycles. The van der Waals surface area contributed by atoms with Gasteiger partial charge in [0.25, 0.3) is 5.91 Å². The molecule has 0 aliphatic carbocycles. The van der Waals surface area contributed by atoms with Crippen molar-refractivity contribution < 1.29 is 4.79 Å². The second-order valence-corrected chi connectivity index (χ2v) is 4.41. The van der Waals surface area contributed by atoms with Gasteiger partial charge in [0.15, 0.2) is 0 Å². The molecule has 0 fully saturated rings. The summed E-state index contributed by atoms with van der Waals surface area (Å²) in [5.74, 6) is -0.137. The number of hydrogen-bond acceptors (Lipinski definition) is 3. The molecule has 3 aromatic rings. The molecule has 1 N–H and O–H groups in total. The fourth-order valence-electron chi connectivity index (χ4n) is 2.03. The summed E-state index contributed by atoms with van der Waals surface area (Å²) in [7, 11) is 0. The number of benzene rings is 2. The van der Waals surface area contributed by atoms with Crippen LogP contribution in [-0.4, -0.2) is 22.4 Å². The molecule has 20 heavy (non-hydrogen) atoms. The van der Waals surface area contributed by atoms with Crippen LogP contribution in [0.5, 0.6) is 0 Å². The Kier molecular flexibility index (Phi) is 3.13. The van der Waals surface area contributed by atoms with E-state index in [1.165, 1.54) is 0 Å². The standard InChI is InChI=1S/C16H13N3O/c1-2-9-17-16(20)11-7-8-14-15(10-11)19-13-6-4-3-5-12(13)18-14/h2-8,10H,1,9H2,(H,17,20). The molecule has 1 aromatic heterocycles. The van der Waals surface area contributed by atoms with Gasteiger partial charge in [-0.15, -0.1) is 6.58 Å². The van der Waals surface area contributed by atoms with Crippen molar-refractivity contribution in [3.8, 4) is 0 Å². The van der Waals surface area contributed by atoms with Gasteiger partial charge in [-0.25, -0.2) is 9.97 Å². The minimum Gasteiger partial charge on any atom is -0.349 e. The summed E-state index contributed by atoms with van der Waals surface area (Å²) >= 11 is 0. The van der Waals surface area contributed by atoms with Gasteiger partial charge in [0, 0.05) is 12.1 Å². The number of carbonyl (C=O) groups is 1.